The van der Waals surface area contributed by atoms with E-state index in [2.05, 4.69) is 11.6 Å². The Hall–Kier alpha value is -1.35. The summed E-state index contributed by atoms with van der Waals surface area (Å²) in [6.07, 6.45) is 6.71. The number of carbonyl (C=O) groups is 1. The second-order valence-electron chi connectivity index (χ2n) is 3.51. The van der Waals surface area contributed by atoms with E-state index in [1.54, 1.807) is 24.2 Å². The fourth-order valence-corrected chi connectivity index (χ4v) is 1.53. The van der Waals surface area contributed by atoms with Crippen LogP contribution in [0.4, 0.5) is 0 Å². The Morgan fingerprint density at radius 2 is 2.44 bits per heavy atom. The molecular weight excluding hydrogens is 224 g/mol. The Morgan fingerprint density at radius 1 is 1.69 bits per heavy atom. The zero-order valence-corrected chi connectivity index (χ0v) is 10.1. The third-order valence-corrected chi connectivity index (χ3v) is 2.55. The number of aromatic nitrogens is 1. The van der Waals surface area contributed by atoms with Crippen molar-refractivity contribution in [1.82, 2.24) is 9.88 Å². The number of rotatable bonds is 5. The van der Waals surface area contributed by atoms with E-state index >= 15 is 0 Å². The highest BCUT2D eigenvalue weighted by atomic mass is 35.5. The lowest BCUT2D eigenvalue weighted by molar-refractivity contribution is 0.0794. The normalized spacial score (nSPS) is 9.88. The molecule has 1 rings (SSSR count). The van der Waals surface area contributed by atoms with Crippen molar-refractivity contribution in [2.45, 2.75) is 12.8 Å². The maximum atomic E-state index is 11.9. The van der Waals surface area contributed by atoms with E-state index in [0.29, 0.717) is 17.1 Å². The van der Waals surface area contributed by atoms with Crippen LogP contribution in [-0.4, -0.2) is 29.4 Å². The maximum Gasteiger partial charge on any atom is 0.255 e. The van der Waals surface area contributed by atoms with Crippen molar-refractivity contribution in [3.8, 4) is 0 Å². The van der Waals surface area contributed by atoms with Gasteiger partial charge in [-0.3, -0.25) is 9.78 Å². The molecule has 0 spiro atoms. The average Bonchev–Trinajstić information content (AvgIpc) is 2.29. The summed E-state index contributed by atoms with van der Waals surface area (Å²) in [4.78, 5) is 17.5. The van der Waals surface area contributed by atoms with E-state index < -0.39 is 0 Å². The molecule has 0 atom stereocenters. The summed E-state index contributed by atoms with van der Waals surface area (Å²) in [5, 5.41) is 0.392. The number of amides is 1. The van der Waals surface area contributed by atoms with Gasteiger partial charge in [0.25, 0.3) is 5.91 Å². The summed E-state index contributed by atoms with van der Waals surface area (Å²) in [7, 11) is 1.77. The van der Waals surface area contributed by atoms with Crippen molar-refractivity contribution >= 4 is 17.5 Å². The molecule has 0 aromatic carbocycles. The monoisotopic (exact) mass is 238 g/mol. The predicted octanol–water partition coefficient (Wildman–Crippen LogP) is 2.77. The van der Waals surface area contributed by atoms with Gasteiger partial charge in [0.2, 0.25) is 0 Å². The quantitative estimate of drug-likeness (QED) is 0.584. The fourth-order valence-electron chi connectivity index (χ4n) is 1.33. The van der Waals surface area contributed by atoms with Crippen molar-refractivity contribution in [2.24, 2.45) is 0 Å². The van der Waals surface area contributed by atoms with Crippen molar-refractivity contribution in [3.05, 3.63) is 41.7 Å². The number of nitrogens with zero attached hydrogens (tertiary/aromatic N) is 2. The first kappa shape index (κ1) is 12.7. The Bertz CT molecular complexity index is 379. The van der Waals surface area contributed by atoms with Gasteiger partial charge in [0.05, 0.1) is 10.6 Å². The number of allylic oxidation sites excluding steroid dienone is 1. The van der Waals surface area contributed by atoms with Crippen LogP contribution in [0.15, 0.2) is 31.1 Å². The number of hydrogen-bond donors (Lipinski definition) is 0. The van der Waals surface area contributed by atoms with E-state index in [4.69, 9.17) is 11.6 Å². The molecule has 86 valence electrons. The largest absolute Gasteiger partial charge is 0.342 e. The molecule has 4 heteroatoms. The summed E-state index contributed by atoms with van der Waals surface area (Å²) < 4.78 is 0. The number of halogens is 1. The van der Waals surface area contributed by atoms with Crippen molar-refractivity contribution < 1.29 is 4.79 Å². The van der Waals surface area contributed by atoms with Gasteiger partial charge in [-0.25, -0.2) is 0 Å². The molecule has 0 bridgehead atoms. The smallest absolute Gasteiger partial charge is 0.255 e. The molecule has 0 fully saturated rings. The van der Waals surface area contributed by atoms with Crippen LogP contribution < -0.4 is 0 Å². The van der Waals surface area contributed by atoms with E-state index in [1.807, 2.05) is 6.08 Å². The molecule has 0 aliphatic heterocycles. The van der Waals surface area contributed by atoms with Crippen LogP contribution >= 0.6 is 11.6 Å². The molecule has 0 unspecified atom stereocenters. The molecule has 0 saturated carbocycles. The fraction of sp³-hybridized carbons (Fsp3) is 0.333. The van der Waals surface area contributed by atoms with Gasteiger partial charge >= 0.3 is 0 Å². The second kappa shape index (κ2) is 6.28. The van der Waals surface area contributed by atoms with Gasteiger partial charge in [0.1, 0.15) is 0 Å². The van der Waals surface area contributed by atoms with E-state index in [0.717, 1.165) is 12.8 Å². The van der Waals surface area contributed by atoms with Gasteiger partial charge in [-0.15, -0.1) is 6.58 Å². The van der Waals surface area contributed by atoms with Gasteiger partial charge in [-0.05, 0) is 18.9 Å². The average molecular weight is 239 g/mol. The second-order valence-corrected chi connectivity index (χ2v) is 3.92. The topological polar surface area (TPSA) is 33.2 Å². The SMILES string of the molecule is C=CCCCN(C)C(=O)c1ccncc1Cl. The lowest BCUT2D eigenvalue weighted by atomic mass is 10.2. The minimum Gasteiger partial charge on any atom is -0.342 e. The molecule has 0 N–H and O–H groups in total. The highest BCUT2D eigenvalue weighted by molar-refractivity contribution is 6.33. The third-order valence-electron chi connectivity index (χ3n) is 2.25. The highest BCUT2D eigenvalue weighted by Crippen LogP contribution is 2.15. The first-order valence-corrected chi connectivity index (χ1v) is 5.50. The number of pyridine rings is 1. The molecule has 0 aliphatic rings. The van der Waals surface area contributed by atoms with Crippen molar-refractivity contribution in [3.63, 3.8) is 0 Å². The van der Waals surface area contributed by atoms with E-state index in [9.17, 15) is 4.79 Å². The molecule has 0 radical (unpaired) electrons. The minimum atomic E-state index is -0.0727. The Morgan fingerprint density at radius 3 is 3.06 bits per heavy atom. The van der Waals surface area contributed by atoms with Gasteiger partial charge in [-0.1, -0.05) is 17.7 Å². The van der Waals surface area contributed by atoms with Crippen LogP contribution in [0.25, 0.3) is 0 Å². The van der Waals surface area contributed by atoms with Crippen LogP contribution in [0.5, 0.6) is 0 Å². The number of hydrogen-bond acceptors (Lipinski definition) is 2. The lowest BCUT2D eigenvalue weighted by Crippen LogP contribution is -2.27. The number of unbranched alkanes of at least 4 members (excludes halogenated alkanes) is 1. The van der Waals surface area contributed by atoms with Crippen molar-refractivity contribution in [2.75, 3.05) is 13.6 Å². The molecule has 1 aromatic heterocycles. The van der Waals surface area contributed by atoms with Crippen LogP contribution in [0, 0.1) is 0 Å². The summed E-state index contributed by atoms with van der Waals surface area (Å²) in [5.74, 6) is -0.0727. The summed E-state index contributed by atoms with van der Waals surface area (Å²) in [5.41, 5.74) is 0.498. The van der Waals surface area contributed by atoms with Gasteiger partial charge < -0.3 is 4.90 Å². The zero-order chi connectivity index (χ0) is 12.0. The van der Waals surface area contributed by atoms with Crippen LogP contribution in [-0.2, 0) is 0 Å². The standard InChI is InChI=1S/C12H15ClN2O/c1-3-4-5-8-15(2)12(16)10-6-7-14-9-11(10)13/h3,6-7,9H,1,4-5,8H2,2H3. The van der Waals surface area contributed by atoms with Gasteiger partial charge in [0, 0.05) is 26.0 Å². The van der Waals surface area contributed by atoms with Crippen molar-refractivity contribution in [1.29, 1.82) is 0 Å². The van der Waals surface area contributed by atoms with Crippen LogP contribution in [0.2, 0.25) is 5.02 Å². The molecule has 1 amide bonds. The van der Waals surface area contributed by atoms with Gasteiger partial charge in [-0.2, -0.15) is 0 Å². The molecule has 0 aliphatic carbocycles. The molecule has 16 heavy (non-hydrogen) atoms. The summed E-state index contributed by atoms with van der Waals surface area (Å²) in [6, 6.07) is 1.63. The highest BCUT2D eigenvalue weighted by Gasteiger charge is 2.13. The maximum absolute atomic E-state index is 11.9. The number of carbonyl (C=O) groups excluding carboxylic acids is 1. The molecule has 3 nitrogen and oxygen atoms in total. The molecule has 0 saturated heterocycles. The summed E-state index contributed by atoms with van der Waals surface area (Å²) >= 11 is 5.90. The summed E-state index contributed by atoms with van der Waals surface area (Å²) in [6.45, 7) is 4.34. The van der Waals surface area contributed by atoms with Crippen LogP contribution in [0.1, 0.15) is 23.2 Å². The zero-order valence-electron chi connectivity index (χ0n) is 9.32. The van der Waals surface area contributed by atoms with E-state index in [1.165, 1.54) is 6.20 Å². The van der Waals surface area contributed by atoms with E-state index in [-0.39, 0.29) is 5.91 Å². The molecule has 1 aromatic rings. The first-order chi connectivity index (χ1) is 7.66. The minimum absolute atomic E-state index is 0.0727. The molecule has 1 heterocycles. The first-order valence-electron chi connectivity index (χ1n) is 5.12. The third kappa shape index (κ3) is 3.35. The molecular formula is C12H15ClN2O. The Labute approximate surface area is 101 Å². The predicted molar refractivity (Wildman–Crippen MR) is 65.6 cm³/mol. The Kier molecular flexibility index (Phi) is 4.99. The lowest BCUT2D eigenvalue weighted by Gasteiger charge is -2.17. The van der Waals surface area contributed by atoms with Crippen LogP contribution in [0.3, 0.4) is 0 Å². The van der Waals surface area contributed by atoms with Gasteiger partial charge in [0.15, 0.2) is 0 Å². The Balaban J connectivity index is 2.63.